The van der Waals surface area contributed by atoms with Crippen LogP contribution in [0.15, 0.2) is 18.3 Å². The highest BCUT2D eigenvalue weighted by molar-refractivity contribution is 5.93. The minimum absolute atomic E-state index is 0.150. The van der Waals surface area contributed by atoms with Gasteiger partial charge in [0.15, 0.2) is 0 Å². The fraction of sp³-hybridized carbons (Fsp3) is 0.643. The molecular formula is C14H23N3O. The molecule has 1 aliphatic heterocycles. The number of likely N-dealkylation sites (tertiary alicyclic amines) is 1. The van der Waals surface area contributed by atoms with Crippen LogP contribution in [0.1, 0.15) is 37.2 Å². The first kappa shape index (κ1) is 13.1. The molecule has 0 spiro atoms. The van der Waals surface area contributed by atoms with Crippen LogP contribution in [0.3, 0.4) is 0 Å². The van der Waals surface area contributed by atoms with Crippen LogP contribution in [0.2, 0.25) is 0 Å². The first-order valence-electron chi connectivity index (χ1n) is 6.83. The molecule has 2 atom stereocenters. The Labute approximate surface area is 109 Å². The molecule has 0 radical (unpaired) electrons. The molecule has 0 aliphatic carbocycles. The third-order valence-corrected chi connectivity index (χ3v) is 3.77. The third kappa shape index (κ3) is 2.43. The van der Waals surface area contributed by atoms with Gasteiger partial charge in [0.25, 0.3) is 5.91 Å². The fourth-order valence-electron chi connectivity index (χ4n) is 2.79. The van der Waals surface area contributed by atoms with Gasteiger partial charge >= 0.3 is 0 Å². The summed E-state index contributed by atoms with van der Waals surface area (Å²) in [6.07, 6.45) is 4.05. The molecule has 1 aromatic heterocycles. The van der Waals surface area contributed by atoms with E-state index in [1.807, 2.05) is 27.8 Å². The quantitative estimate of drug-likeness (QED) is 0.883. The van der Waals surface area contributed by atoms with Crippen molar-refractivity contribution in [3.8, 4) is 0 Å². The number of amides is 1. The molecule has 0 bridgehead atoms. The van der Waals surface area contributed by atoms with Crippen LogP contribution in [0.4, 0.5) is 0 Å². The third-order valence-electron chi connectivity index (χ3n) is 3.77. The maximum Gasteiger partial charge on any atom is 0.270 e. The predicted molar refractivity (Wildman–Crippen MR) is 72.4 cm³/mol. The van der Waals surface area contributed by atoms with E-state index in [1.54, 1.807) is 0 Å². The Kier molecular flexibility index (Phi) is 4.07. The predicted octanol–water partition coefficient (Wildman–Crippen LogP) is 1.71. The SMILES string of the molecule is CCCn1cccc1C(=O)N1CC(CN)CC1C. The van der Waals surface area contributed by atoms with Gasteiger partial charge in [0.05, 0.1) is 0 Å². The molecule has 1 fully saturated rings. The lowest BCUT2D eigenvalue weighted by Gasteiger charge is -2.22. The van der Waals surface area contributed by atoms with Crippen molar-refractivity contribution < 1.29 is 4.79 Å². The van der Waals surface area contributed by atoms with Gasteiger partial charge in [0.1, 0.15) is 5.69 Å². The first-order valence-corrected chi connectivity index (χ1v) is 6.83. The van der Waals surface area contributed by atoms with Crippen molar-refractivity contribution in [3.63, 3.8) is 0 Å². The second-order valence-corrected chi connectivity index (χ2v) is 5.23. The van der Waals surface area contributed by atoms with E-state index in [-0.39, 0.29) is 5.91 Å². The largest absolute Gasteiger partial charge is 0.344 e. The van der Waals surface area contributed by atoms with E-state index in [2.05, 4.69) is 13.8 Å². The molecule has 4 nitrogen and oxygen atoms in total. The number of carbonyl (C=O) groups excluding carboxylic acids is 1. The number of aryl methyl sites for hydroxylation is 1. The van der Waals surface area contributed by atoms with E-state index in [0.29, 0.717) is 18.5 Å². The Morgan fingerprint density at radius 1 is 1.56 bits per heavy atom. The van der Waals surface area contributed by atoms with E-state index in [0.717, 1.165) is 31.6 Å². The molecule has 1 amide bonds. The molecule has 1 aliphatic rings. The van der Waals surface area contributed by atoms with Crippen molar-refractivity contribution in [2.24, 2.45) is 11.7 Å². The van der Waals surface area contributed by atoms with Gasteiger partial charge < -0.3 is 15.2 Å². The molecule has 1 saturated heterocycles. The Balaban J connectivity index is 2.13. The van der Waals surface area contributed by atoms with E-state index < -0.39 is 0 Å². The molecule has 2 heterocycles. The van der Waals surface area contributed by atoms with Crippen LogP contribution in [0, 0.1) is 5.92 Å². The summed E-state index contributed by atoms with van der Waals surface area (Å²) in [7, 11) is 0. The van der Waals surface area contributed by atoms with Gasteiger partial charge in [-0.25, -0.2) is 0 Å². The highest BCUT2D eigenvalue weighted by Gasteiger charge is 2.32. The Morgan fingerprint density at radius 2 is 2.33 bits per heavy atom. The summed E-state index contributed by atoms with van der Waals surface area (Å²) in [4.78, 5) is 14.5. The molecule has 1 aromatic rings. The van der Waals surface area contributed by atoms with Crippen molar-refractivity contribution in [2.45, 2.75) is 39.3 Å². The van der Waals surface area contributed by atoms with Crippen LogP contribution in [0.5, 0.6) is 0 Å². The van der Waals surface area contributed by atoms with E-state index in [4.69, 9.17) is 5.73 Å². The summed E-state index contributed by atoms with van der Waals surface area (Å²) in [6.45, 7) is 6.60. The zero-order valence-electron chi connectivity index (χ0n) is 11.3. The normalized spacial score (nSPS) is 23.6. The zero-order chi connectivity index (χ0) is 13.1. The van der Waals surface area contributed by atoms with Gasteiger partial charge in [0.2, 0.25) is 0 Å². The van der Waals surface area contributed by atoms with Crippen molar-refractivity contribution in [1.29, 1.82) is 0 Å². The molecule has 0 saturated carbocycles. The van der Waals surface area contributed by atoms with Gasteiger partial charge in [-0.15, -0.1) is 0 Å². The van der Waals surface area contributed by atoms with Crippen molar-refractivity contribution >= 4 is 5.91 Å². The van der Waals surface area contributed by atoms with Crippen molar-refractivity contribution in [3.05, 3.63) is 24.0 Å². The first-order chi connectivity index (χ1) is 8.67. The maximum absolute atomic E-state index is 12.5. The molecular weight excluding hydrogens is 226 g/mol. The molecule has 2 unspecified atom stereocenters. The summed E-state index contributed by atoms with van der Waals surface area (Å²) in [6, 6.07) is 4.17. The second-order valence-electron chi connectivity index (χ2n) is 5.23. The van der Waals surface area contributed by atoms with Crippen LogP contribution < -0.4 is 5.73 Å². The van der Waals surface area contributed by atoms with Gasteiger partial charge in [-0.05, 0) is 44.4 Å². The summed E-state index contributed by atoms with van der Waals surface area (Å²) < 4.78 is 2.05. The van der Waals surface area contributed by atoms with Crippen LogP contribution in [-0.4, -0.2) is 34.5 Å². The van der Waals surface area contributed by atoms with E-state index in [1.165, 1.54) is 0 Å². The molecule has 4 heteroatoms. The van der Waals surface area contributed by atoms with Gasteiger partial charge in [-0.3, -0.25) is 4.79 Å². The Bertz CT molecular complexity index is 413. The number of carbonyl (C=O) groups is 1. The molecule has 100 valence electrons. The monoisotopic (exact) mass is 249 g/mol. The van der Waals surface area contributed by atoms with Crippen LogP contribution >= 0.6 is 0 Å². The van der Waals surface area contributed by atoms with E-state index >= 15 is 0 Å². The van der Waals surface area contributed by atoms with Gasteiger partial charge in [-0.1, -0.05) is 6.92 Å². The average molecular weight is 249 g/mol. The van der Waals surface area contributed by atoms with Gasteiger partial charge in [-0.2, -0.15) is 0 Å². The van der Waals surface area contributed by atoms with Crippen molar-refractivity contribution in [2.75, 3.05) is 13.1 Å². The van der Waals surface area contributed by atoms with Crippen LogP contribution in [0.25, 0.3) is 0 Å². The zero-order valence-corrected chi connectivity index (χ0v) is 11.3. The average Bonchev–Trinajstić information content (AvgIpc) is 2.95. The summed E-state index contributed by atoms with van der Waals surface area (Å²) in [5.74, 6) is 0.607. The minimum atomic E-state index is 0.150. The van der Waals surface area contributed by atoms with E-state index in [9.17, 15) is 4.79 Å². The lowest BCUT2D eigenvalue weighted by Crippen LogP contribution is -2.35. The Hall–Kier alpha value is -1.29. The number of aromatic nitrogens is 1. The lowest BCUT2D eigenvalue weighted by molar-refractivity contribution is 0.0732. The molecule has 0 aromatic carbocycles. The summed E-state index contributed by atoms with van der Waals surface area (Å²) in [5, 5.41) is 0. The number of hydrogen-bond donors (Lipinski definition) is 1. The summed E-state index contributed by atoms with van der Waals surface area (Å²) in [5.41, 5.74) is 6.52. The number of rotatable bonds is 4. The van der Waals surface area contributed by atoms with Crippen LogP contribution in [-0.2, 0) is 6.54 Å². The fourth-order valence-corrected chi connectivity index (χ4v) is 2.79. The molecule has 2 N–H and O–H groups in total. The topological polar surface area (TPSA) is 51.3 Å². The number of hydrogen-bond acceptors (Lipinski definition) is 2. The Morgan fingerprint density at radius 3 is 2.94 bits per heavy atom. The second kappa shape index (κ2) is 5.57. The highest BCUT2D eigenvalue weighted by Crippen LogP contribution is 2.24. The number of nitrogens with zero attached hydrogens (tertiary/aromatic N) is 2. The highest BCUT2D eigenvalue weighted by atomic mass is 16.2. The smallest absolute Gasteiger partial charge is 0.270 e. The molecule has 2 rings (SSSR count). The lowest BCUT2D eigenvalue weighted by atomic mass is 10.1. The maximum atomic E-state index is 12.5. The number of nitrogens with two attached hydrogens (primary N) is 1. The standard InChI is InChI=1S/C14H23N3O/c1-3-6-16-7-4-5-13(16)14(18)17-10-12(9-15)8-11(17)2/h4-5,7,11-12H,3,6,8-10,15H2,1-2H3. The van der Waals surface area contributed by atoms with Crippen molar-refractivity contribution in [1.82, 2.24) is 9.47 Å². The van der Waals surface area contributed by atoms with Gasteiger partial charge in [0, 0.05) is 25.3 Å². The summed E-state index contributed by atoms with van der Waals surface area (Å²) >= 11 is 0. The minimum Gasteiger partial charge on any atom is -0.344 e. The molecule has 18 heavy (non-hydrogen) atoms.